The molecule has 0 aliphatic heterocycles. The monoisotopic (exact) mass is 521 g/mol. The molecule has 0 saturated carbocycles. The molecule has 2 nitrogen and oxygen atoms in total. The molecule has 0 aromatic rings. The average Bonchev–Trinajstić information content (AvgIpc) is 0.918. The molecule has 0 aliphatic carbocycles. The second-order valence-corrected chi connectivity index (χ2v) is 0.610. The second-order valence-electron chi connectivity index (χ2n) is 0.0745. The minimum absolute atomic E-state index is 0. The maximum Gasteiger partial charge on any atom is 0 e. The van der Waals surface area contributed by atoms with Gasteiger partial charge in [0.05, 0.1) is 0 Å². The molecule has 0 aliphatic rings. The van der Waals surface area contributed by atoms with Gasteiger partial charge in [-0.3, -0.25) is 0 Å². The van der Waals surface area contributed by atoms with Crippen molar-refractivity contribution in [2.45, 2.75) is 0 Å². The molecule has 0 aromatic carbocycles. The Kier molecular flexibility index (Phi) is 85.0. The largest absolute Gasteiger partial charge is 0 e. The van der Waals surface area contributed by atoms with Gasteiger partial charge in [-0.05, 0) is 0 Å². The third-order valence-corrected chi connectivity index (χ3v) is 0. The Labute approximate surface area is 142 Å². The van der Waals surface area contributed by atoms with Gasteiger partial charge < -0.3 is 0 Å². The van der Waals surface area contributed by atoms with Gasteiger partial charge in [0.2, 0.25) is 0 Å². The first kappa shape index (κ1) is 22.4. The Balaban J connectivity index is -0.00000000667. The third-order valence-electron chi connectivity index (χ3n) is 0. The van der Waals surface area contributed by atoms with E-state index in [-0.39, 0.29) is 121 Å². The molecule has 6 heteroatoms. The number of hydrogen-bond donors (Lipinski definition) is 1. The number of hydrogen-bond acceptors (Lipinski definition) is 1. The van der Waals surface area contributed by atoms with Crippen LogP contribution in [0.15, 0.2) is 0 Å². The summed E-state index contributed by atoms with van der Waals surface area (Å²) < 4.78 is 15.8. The molecular formula is H2KLuO2WY. The molecule has 0 rings (SSSR count). The van der Waals surface area contributed by atoms with Crippen LogP contribution in [0.25, 0.3) is 0 Å². The van der Waals surface area contributed by atoms with E-state index in [0.717, 1.165) is 0 Å². The maximum atomic E-state index is 8.65. The topological polar surface area (TPSA) is 37.3 Å². The van der Waals surface area contributed by atoms with E-state index < -0.39 is 18.9 Å². The van der Waals surface area contributed by atoms with E-state index in [4.69, 9.17) is 7.16 Å². The van der Waals surface area contributed by atoms with Crippen LogP contribution in [0.1, 0.15) is 0 Å². The zero-order chi connectivity index (χ0) is 2.71. The zero-order valence-electron chi connectivity index (χ0n) is 2.10. The van der Waals surface area contributed by atoms with Gasteiger partial charge in [0.1, 0.15) is 0 Å². The van der Waals surface area contributed by atoms with Crippen LogP contribution in [0.4, 0.5) is 0 Å². The van der Waals surface area contributed by atoms with Gasteiger partial charge in [0.25, 0.3) is 0 Å². The molecule has 0 unspecified atom stereocenters. The summed E-state index contributed by atoms with van der Waals surface area (Å²) in [5.41, 5.74) is 0. The molecule has 0 bridgehead atoms. The van der Waals surface area contributed by atoms with Crippen molar-refractivity contribution in [2.75, 3.05) is 0 Å². The normalized spacial score (nSPS) is 2.17. The van der Waals surface area contributed by atoms with Crippen LogP contribution < -0.4 is 0 Å². The van der Waals surface area contributed by atoms with Crippen molar-refractivity contribution < 1.29 is 95.6 Å². The fourth-order valence-electron chi connectivity index (χ4n) is 0. The molecule has 39 valence electrons. The van der Waals surface area contributed by atoms with Gasteiger partial charge >= 0.3 is 77.4 Å². The minimum atomic E-state index is -2.00. The van der Waals surface area contributed by atoms with E-state index in [9.17, 15) is 0 Å². The van der Waals surface area contributed by atoms with Crippen LogP contribution in [-0.2, 0) is 55.0 Å². The predicted molar refractivity (Wildman–Crippen MR) is 10.1 cm³/mol. The van der Waals surface area contributed by atoms with Gasteiger partial charge in [-0.2, -0.15) is 0 Å². The van der Waals surface area contributed by atoms with Crippen LogP contribution >= 0.6 is 0 Å². The SMILES string of the molecule is [KH].[Lu].[O]=[W][OH].[Y]. The average molecular weight is 521 g/mol. The van der Waals surface area contributed by atoms with Crippen LogP contribution in [-0.4, -0.2) is 55.1 Å². The van der Waals surface area contributed by atoms with Crippen molar-refractivity contribution >= 4 is 51.4 Å². The molecule has 0 atom stereocenters. The molecule has 0 aromatic heterocycles. The van der Waals surface area contributed by atoms with Crippen LogP contribution in [0, 0.1) is 36.9 Å². The molecule has 0 amide bonds. The molecule has 0 spiro atoms. The van der Waals surface area contributed by atoms with Gasteiger partial charge in [0.15, 0.2) is 0 Å². The quantitative estimate of drug-likeness (QED) is 0.402. The smallest absolute Gasteiger partial charge is 0 e. The van der Waals surface area contributed by atoms with Crippen molar-refractivity contribution in [1.82, 2.24) is 0 Å². The molecule has 1 N–H and O–H groups in total. The molecule has 0 fully saturated rings. The standard InChI is InChI=1S/K.Lu.H2O.O.W.Y.H/h;;1H2;;;;/q;;;;+1;;/p-1. The maximum absolute atomic E-state index is 8.65. The molecule has 2 radical (unpaired) electrons. The van der Waals surface area contributed by atoms with E-state index >= 15 is 0 Å². The van der Waals surface area contributed by atoms with Gasteiger partial charge in [-0.1, -0.05) is 0 Å². The summed E-state index contributed by atoms with van der Waals surface area (Å²) in [5.74, 6) is 0. The summed E-state index contributed by atoms with van der Waals surface area (Å²) in [6, 6.07) is 0. The summed E-state index contributed by atoms with van der Waals surface area (Å²) in [6.07, 6.45) is 0. The first-order valence-electron chi connectivity index (χ1n) is 0.349. The van der Waals surface area contributed by atoms with E-state index in [0.29, 0.717) is 0 Å². The van der Waals surface area contributed by atoms with E-state index in [1.54, 1.807) is 0 Å². The Morgan fingerprint density at radius 1 is 1.50 bits per heavy atom. The Bertz CT molecular complexity index is 21.0. The van der Waals surface area contributed by atoms with Crippen LogP contribution in [0.5, 0.6) is 0 Å². The van der Waals surface area contributed by atoms with Gasteiger partial charge in [-0.15, -0.1) is 0 Å². The first-order valence-corrected chi connectivity index (χ1v) is 2.86. The van der Waals surface area contributed by atoms with Gasteiger partial charge in [-0.25, -0.2) is 0 Å². The van der Waals surface area contributed by atoms with Gasteiger partial charge in [0, 0.05) is 69.6 Å². The molecular weight excluding hydrogens is 519 g/mol. The summed E-state index contributed by atoms with van der Waals surface area (Å²) in [5, 5.41) is 0. The van der Waals surface area contributed by atoms with E-state index in [2.05, 4.69) is 0 Å². The van der Waals surface area contributed by atoms with Crippen molar-refractivity contribution in [3.05, 3.63) is 0 Å². The number of rotatable bonds is 0. The predicted octanol–water partition coefficient (Wildman–Crippen LogP) is -1.33. The first-order chi connectivity index (χ1) is 1.41. The second kappa shape index (κ2) is 22.7. The van der Waals surface area contributed by atoms with Crippen molar-refractivity contribution in [3.63, 3.8) is 0 Å². The van der Waals surface area contributed by atoms with Crippen LogP contribution in [0.2, 0.25) is 0 Å². The zero-order valence-corrected chi connectivity index (χ0v) is 9.53. The van der Waals surface area contributed by atoms with Crippen molar-refractivity contribution in [3.8, 4) is 0 Å². The fourth-order valence-corrected chi connectivity index (χ4v) is 0. The Morgan fingerprint density at radius 2 is 1.50 bits per heavy atom. The van der Waals surface area contributed by atoms with E-state index in [1.807, 2.05) is 0 Å². The van der Waals surface area contributed by atoms with E-state index in [1.165, 1.54) is 0 Å². The molecule has 6 heavy (non-hydrogen) atoms. The fraction of sp³-hybridized carbons (Fsp3) is 0. The summed E-state index contributed by atoms with van der Waals surface area (Å²) in [7, 11) is 0. The van der Waals surface area contributed by atoms with Crippen molar-refractivity contribution in [2.24, 2.45) is 0 Å². The minimum Gasteiger partial charge on any atom is 0 e. The summed E-state index contributed by atoms with van der Waals surface area (Å²) in [4.78, 5) is 0. The molecule has 0 heterocycles. The summed E-state index contributed by atoms with van der Waals surface area (Å²) >= 11 is -2.00. The van der Waals surface area contributed by atoms with Crippen LogP contribution in [0.3, 0.4) is 0 Å². The third kappa shape index (κ3) is 23.7. The Hall–Kier alpha value is 4.42. The Morgan fingerprint density at radius 3 is 1.50 bits per heavy atom. The molecule has 0 saturated heterocycles. The van der Waals surface area contributed by atoms with Crippen molar-refractivity contribution in [1.29, 1.82) is 0 Å². The summed E-state index contributed by atoms with van der Waals surface area (Å²) in [6.45, 7) is 0.